The van der Waals surface area contributed by atoms with Crippen molar-refractivity contribution in [3.05, 3.63) is 58.8 Å². The molecule has 3 aromatic heterocycles. The van der Waals surface area contributed by atoms with Gasteiger partial charge in [-0.3, -0.25) is 4.40 Å². The van der Waals surface area contributed by atoms with Gasteiger partial charge in [0.1, 0.15) is 22.9 Å². The summed E-state index contributed by atoms with van der Waals surface area (Å²) in [5, 5.41) is 9.44. The van der Waals surface area contributed by atoms with Gasteiger partial charge in [-0.1, -0.05) is 29.4 Å². The molecule has 7 heteroatoms. The van der Waals surface area contributed by atoms with E-state index in [0.717, 1.165) is 33.0 Å². The van der Waals surface area contributed by atoms with Crippen LogP contribution in [0.15, 0.2) is 46.1 Å². The highest BCUT2D eigenvalue weighted by atomic mass is 35.5. The lowest BCUT2D eigenvalue weighted by atomic mass is 10.2. The second-order valence-corrected chi connectivity index (χ2v) is 6.54. The number of rotatable bonds is 3. The fourth-order valence-corrected chi connectivity index (χ4v) is 3.76. The third-order valence-corrected chi connectivity index (χ3v) is 4.94. The van der Waals surface area contributed by atoms with Crippen LogP contribution in [0.5, 0.6) is 0 Å². The molecule has 1 aromatic carbocycles. The van der Waals surface area contributed by atoms with Crippen molar-refractivity contribution in [2.24, 2.45) is 0 Å². The van der Waals surface area contributed by atoms with E-state index >= 15 is 0 Å². The Morgan fingerprint density at radius 2 is 2.13 bits per heavy atom. The molecule has 0 unspecified atom stereocenters. The first-order valence-corrected chi connectivity index (χ1v) is 8.28. The van der Waals surface area contributed by atoms with Gasteiger partial charge >= 0.3 is 0 Å². The van der Waals surface area contributed by atoms with Gasteiger partial charge in [0.15, 0.2) is 5.58 Å². The van der Waals surface area contributed by atoms with E-state index in [2.05, 4.69) is 10.2 Å². The number of fused-ring (bicyclic) bond motifs is 3. The zero-order valence-electron chi connectivity index (χ0n) is 12.1. The van der Waals surface area contributed by atoms with E-state index in [-0.39, 0.29) is 5.82 Å². The van der Waals surface area contributed by atoms with Crippen LogP contribution in [-0.2, 0) is 5.75 Å². The largest absolute Gasteiger partial charge is 0.460 e. The van der Waals surface area contributed by atoms with Gasteiger partial charge in [0.25, 0.3) is 0 Å². The third kappa shape index (κ3) is 2.58. The number of nitrogens with zero attached hydrogens (tertiary/aromatic N) is 3. The summed E-state index contributed by atoms with van der Waals surface area (Å²) in [6.45, 7) is 1.91. The Morgan fingerprint density at radius 3 is 2.96 bits per heavy atom. The molecule has 0 N–H and O–H groups in total. The highest BCUT2D eigenvalue weighted by Gasteiger charge is 2.13. The maximum Gasteiger partial charge on any atom is 0.153 e. The summed E-state index contributed by atoms with van der Waals surface area (Å²) in [5.74, 6) is 1.10. The maximum atomic E-state index is 13.1. The summed E-state index contributed by atoms with van der Waals surface area (Å²) in [6, 6.07) is 8.32. The Morgan fingerprint density at radius 1 is 1.26 bits per heavy atom. The van der Waals surface area contributed by atoms with Crippen LogP contribution in [0.25, 0.3) is 16.6 Å². The SMILES string of the molecule is Cc1cc2c(cc3c(SCc4ccc(F)cc4Cl)nncn32)o1. The molecule has 0 bridgehead atoms. The smallest absolute Gasteiger partial charge is 0.153 e. The van der Waals surface area contributed by atoms with Crippen LogP contribution < -0.4 is 0 Å². The van der Waals surface area contributed by atoms with Gasteiger partial charge in [0, 0.05) is 22.9 Å². The quantitative estimate of drug-likeness (QED) is 0.496. The molecule has 0 aliphatic rings. The summed E-state index contributed by atoms with van der Waals surface area (Å²) in [7, 11) is 0. The van der Waals surface area contributed by atoms with Crippen LogP contribution in [0.3, 0.4) is 0 Å². The van der Waals surface area contributed by atoms with Crippen molar-refractivity contribution in [2.45, 2.75) is 17.7 Å². The molecule has 3 heterocycles. The number of hydrogen-bond acceptors (Lipinski definition) is 4. The zero-order valence-corrected chi connectivity index (χ0v) is 13.7. The summed E-state index contributed by atoms with van der Waals surface area (Å²) in [4.78, 5) is 0. The molecule has 0 saturated heterocycles. The summed E-state index contributed by atoms with van der Waals surface area (Å²) < 4.78 is 20.7. The monoisotopic (exact) mass is 347 g/mol. The minimum atomic E-state index is -0.340. The lowest BCUT2D eigenvalue weighted by molar-refractivity contribution is 0.579. The van der Waals surface area contributed by atoms with Crippen LogP contribution >= 0.6 is 23.4 Å². The molecule has 23 heavy (non-hydrogen) atoms. The lowest BCUT2D eigenvalue weighted by Gasteiger charge is -2.05. The molecule has 4 rings (SSSR count). The molecule has 4 aromatic rings. The molecular weight excluding hydrogens is 337 g/mol. The first-order chi connectivity index (χ1) is 11.1. The average Bonchev–Trinajstić information content (AvgIpc) is 3.03. The Bertz CT molecular complexity index is 1030. The highest BCUT2D eigenvalue weighted by Crippen LogP contribution is 2.31. The van der Waals surface area contributed by atoms with Crippen LogP contribution in [0, 0.1) is 12.7 Å². The molecule has 0 fully saturated rings. The molecule has 4 nitrogen and oxygen atoms in total. The first kappa shape index (κ1) is 14.5. The van der Waals surface area contributed by atoms with Crippen LogP contribution in [0.1, 0.15) is 11.3 Å². The topological polar surface area (TPSA) is 43.3 Å². The van der Waals surface area contributed by atoms with Gasteiger partial charge in [-0.2, -0.15) is 0 Å². The fourth-order valence-electron chi connectivity index (χ4n) is 2.49. The molecule has 0 atom stereocenters. The second kappa shape index (κ2) is 5.54. The van der Waals surface area contributed by atoms with Crippen molar-refractivity contribution in [3.8, 4) is 0 Å². The number of thioether (sulfide) groups is 1. The average molecular weight is 348 g/mol. The van der Waals surface area contributed by atoms with Gasteiger partial charge < -0.3 is 4.42 Å². The van der Waals surface area contributed by atoms with Crippen molar-refractivity contribution in [1.82, 2.24) is 14.6 Å². The van der Waals surface area contributed by atoms with E-state index in [1.54, 1.807) is 12.4 Å². The first-order valence-electron chi connectivity index (χ1n) is 6.91. The van der Waals surface area contributed by atoms with Crippen LogP contribution in [-0.4, -0.2) is 14.6 Å². The second-order valence-electron chi connectivity index (χ2n) is 5.17. The number of furan rings is 1. The van der Waals surface area contributed by atoms with E-state index in [0.29, 0.717) is 10.8 Å². The molecule has 116 valence electrons. The van der Waals surface area contributed by atoms with Crippen LogP contribution in [0.4, 0.5) is 4.39 Å². The van der Waals surface area contributed by atoms with Crippen molar-refractivity contribution < 1.29 is 8.81 Å². The molecular formula is C16H11ClFN3OS. The molecule has 0 radical (unpaired) electrons. The maximum absolute atomic E-state index is 13.1. The molecule has 0 aliphatic heterocycles. The van der Waals surface area contributed by atoms with Crippen molar-refractivity contribution in [3.63, 3.8) is 0 Å². The number of hydrogen-bond donors (Lipinski definition) is 0. The van der Waals surface area contributed by atoms with Crippen molar-refractivity contribution in [2.75, 3.05) is 0 Å². The van der Waals surface area contributed by atoms with Gasteiger partial charge in [-0.25, -0.2) is 4.39 Å². The van der Waals surface area contributed by atoms with E-state index in [1.165, 1.54) is 23.9 Å². The summed E-state index contributed by atoms with van der Waals surface area (Å²) in [5.41, 5.74) is 3.55. The van der Waals surface area contributed by atoms with Gasteiger partial charge in [0.05, 0.1) is 11.0 Å². The summed E-state index contributed by atoms with van der Waals surface area (Å²) in [6.07, 6.45) is 1.67. The molecule has 0 saturated carbocycles. The minimum Gasteiger partial charge on any atom is -0.460 e. The predicted octanol–water partition coefficient (Wildman–Crippen LogP) is 4.87. The third-order valence-electron chi connectivity index (χ3n) is 3.56. The number of benzene rings is 1. The number of halogens is 2. The standard InChI is InChI=1S/C16H11ClFN3OS/c1-9-4-13-15(22-9)6-14-16(20-19-8-21(13)14)23-7-10-2-3-11(18)5-12(10)17/h2-6,8H,7H2,1H3. The zero-order chi connectivity index (χ0) is 16.0. The van der Waals surface area contributed by atoms with Crippen LogP contribution in [0.2, 0.25) is 5.02 Å². The van der Waals surface area contributed by atoms with Gasteiger partial charge in [-0.15, -0.1) is 10.2 Å². The van der Waals surface area contributed by atoms with E-state index in [9.17, 15) is 4.39 Å². The Kier molecular flexibility index (Phi) is 3.50. The summed E-state index contributed by atoms with van der Waals surface area (Å²) >= 11 is 7.57. The van der Waals surface area contributed by atoms with E-state index in [4.69, 9.17) is 16.0 Å². The Hall–Kier alpha value is -2.05. The lowest BCUT2D eigenvalue weighted by Crippen LogP contribution is -1.94. The molecule has 0 aliphatic carbocycles. The molecule has 0 spiro atoms. The van der Waals surface area contributed by atoms with Gasteiger partial charge in [0.2, 0.25) is 0 Å². The van der Waals surface area contributed by atoms with E-state index < -0.39 is 0 Å². The Balaban J connectivity index is 1.70. The number of aromatic nitrogens is 3. The highest BCUT2D eigenvalue weighted by molar-refractivity contribution is 7.98. The van der Waals surface area contributed by atoms with Crippen molar-refractivity contribution >= 4 is 40.0 Å². The van der Waals surface area contributed by atoms with E-state index in [1.807, 2.05) is 23.5 Å². The molecule has 0 amide bonds. The fraction of sp³-hybridized carbons (Fsp3) is 0.125. The minimum absolute atomic E-state index is 0.340. The normalized spacial score (nSPS) is 11.6. The van der Waals surface area contributed by atoms with Crippen molar-refractivity contribution in [1.29, 1.82) is 0 Å². The van der Waals surface area contributed by atoms with Gasteiger partial charge in [-0.05, 0) is 24.6 Å². The number of aryl methyl sites for hydroxylation is 1. The Labute approximate surface area is 140 Å². The predicted molar refractivity (Wildman–Crippen MR) is 88.5 cm³/mol.